The molecule has 2 heterocycles. The minimum Gasteiger partial charge on any atom is -0.468 e. The summed E-state index contributed by atoms with van der Waals surface area (Å²) in [6, 6.07) is 3.57. The predicted octanol–water partition coefficient (Wildman–Crippen LogP) is 1.55. The van der Waals surface area contributed by atoms with Gasteiger partial charge in [0.15, 0.2) is 0 Å². The summed E-state index contributed by atoms with van der Waals surface area (Å²) in [4.78, 5) is 0. The molecular formula is C12H14N4O2. The quantitative estimate of drug-likeness (QED) is 0.630. The maximum absolute atomic E-state index is 7.57. The van der Waals surface area contributed by atoms with Crippen molar-refractivity contribution in [3.63, 3.8) is 0 Å². The smallest absolute Gasteiger partial charge is 0.245 e. The highest BCUT2D eigenvalue weighted by molar-refractivity contribution is 5.98. The van der Waals surface area contributed by atoms with Gasteiger partial charge in [0, 0.05) is 0 Å². The summed E-state index contributed by atoms with van der Waals surface area (Å²) in [5, 5.41) is 15.5. The second kappa shape index (κ2) is 4.87. The highest BCUT2D eigenvalue weighted by atomic mass is 16.5. The Bertz CT molecular complexity index is 564. The van der Waals surface area contributed by atoms with Crippen molar-refractivity contribution in [3.05, 3.63) is 41.0 Å². The molecule has 0 aliphatic heterocycles. The lowest BCUT2D eigenvalue weighted by Crippen LogP contribution is -2.17. The number of aromatic nitrogens is 2. The third-order valence-electron chi connectivity index (χ3n) is 2.62. The van der Waals surface area contributed by atoms with Crippen molar-refractivity contribution in [2.75, 3.05) is 0 Å². The van der Waals surface area contributed by atoms with Gasteiger partial charge in [-0.3, -0.25) is 5.41 Å². The number of amidine groups is 1. The molecule has 3 N–H and O–H groups in total. The second-order valence-electron chi connectivity index (χ2n) is 3.87. The molecule has 0 aromatic carbocycles. The lowest BCUT2D eigenvalue weighted by molar-refractivity contribution is 0.257. The van der Waals surface area contributed by atoms with Crippen molar-refractivity contribution in [1.82, 2.24) is 10.2 Å². The SMILES string of the molecule is Cc1nnc(OCc2ccco2)c(C(=N)N)c1C. The zero-order chi connectivity index (χ0) is 13.1. The molecule has 94 valence electrons. The lowest BCUT2D eigenvalue weighted by atomic mass is 10.1. The zero-order valence-electron chi connectivity index (χ0n) is 10.2. The van der Waals surface area contributed by atoms with Gasteiger partial charge in [-0.05, 0) is 31.5 Å². The third-order valence-corrected chi connectivity index (χ3v) is 2.62. The third kappa shape index (κ3) is 2.32. The molecule has 0 bridgehead atoms. The fourth-order valence-corrected chi connectivity index (χ4v) is 1.54. The van der Waals surface area contributed by atoms with Gasteiger partial charge >= 0.3 is 0 Å². The molecule has 0 atom stereocenters. The molecule has 0 unspecified atom stereocenters. The number of nitrogens with two attached hydrogens (primary N) is 1. The average molecular weight is 246 g/mol. The minimum absolute atomic E-state index is 0.0834. The van der Waals surface area contributed by atoms with E-state index in [0.29, 0.717) is 11.3 Å². The van der Waals surface area contributed by atoms with Crippen LogP contribution in [-0.4, -0.2) is 16.0 Å². The highest BCUT2D eigenvalue weighted by Gasteiger charge is 2.15. The first-order valence-corrected chi connectivity index (χ1v) is 5.43. The number of nitrogens with zero attached hydrogens (tertiary/aromatic N) is 2. The first kappa shape index (κ1) is 12.1. The number of nitrogen functional groups attached to an aromatic ring is 1. The summed E-state index contributed by atoms with van der Waals surface area (Å²) in [5.74, 6) is 0.839. The van der Waals surface area contributed by atoms with E-state index in [9.17, 15) is 0 Å². The van der Waals surface area contributed by atoms with Crippen LogP contribution in [0, 0.1) is 19.3 Å². The Labute approximate surface area is 104 Å². The summed E-state index contributed by atoms with van der Waals surface area (Å²) in [6.07, 6.45) is 1.57. The van der Waals surface area contributed by atoms with E-state index in [1.165, 1.54) is 0 Å². The molecule has 6 heteroatoms. The van der Waals surface area contributed by atoms with Crippen LogP contribution in [-0.2, 0) is 6.61 Å². The Kier molecular flexibility index (Phi) is 3.27. The van der Waals surface area contributed by atoms with Gasteiger partial charge in [-0.2, -0.15) is 5.10 Å². The van der Waals surface area contributed by atoms with Crippen molar-refractivity contribution in [2.45, 2.75) is 20.5 Å². The molecule has 18 heavy (non-hydrogen) atoms. The number of ether oxygens (including phenoxy) is 1. The first-order chi connectivity index (χ1) is 8.59. The van der Waals surface area contributed by atoms with E-state index in [2.05, 4.69) is 10.2 Å². The van der Waals surface area contributed by atoms with Crippen molar-refractivity contribution >= 4 is 5.84 Å². The summed E-state index contributed by atoms with van der Waals surface area (Å²) in [7, 11) is 0. The number of hydrogen-bond acceptors (Lipinski definition) is 5. The molecule has 0 amide bonds. The molecule has 2 rings (SSSR count). The zero-order valence-corrected chi connectivity index (χ0v) is 10.2. The second-order valence-corrected chi connectivity index (χ2v) is 3.87. The number of rotatable bonds is 4. The van der Waals surface area contributed by atoms with Crippen LogP contribution in [0.15, 0.2) is 22.8 Å². The number of nitrogens with one attached hydrogen (secondary N) is 1. The van der Waals surface area contributed by atoms with E-state index in [4.69, 9.17) is 20.3 Å². The van der Waals surface area contributed by atoms with Gasteiger partial charge in [0.1, 0.15) is 18.2 Å². The van der Waals surface area contributed by atoms with Crippen molar-refractivity contribution in [3.8, 4) is 5.88 Å². The fraction of sp³-hybridized carbons (Fsp3) is 0.250. The number of furan rings is 1. The maximum Gasteiger partial charge on any atom is 0.245 e. The standard InChI is InChI=1S/C12H14N4O2/c1-7-8(2)15-16-12(10(7)11(13)14)18-6-9-4-3-5-17-9/h3-5H,6H2,1-2H3,(H3,13,14). The molecule has 2 aromatic heterocycles. The molecule has 0 aliphatic rings. The van der Waals surface area contributed by atoms with Crippen LogP contribution in [0.25, 0.3) is 0 Å². The Morgan fingerprint density at radius 1 is 1.44 bits per heavy atom. The van der Waals surface area contributed by atoms with E-state index < -0.39 is 0 Å². The Balaban J connectivity index is 2.27. The van der Waals surface area contributed by atoms with E-state index in [1.54, 1.807) is 18.4 Å². The van der Waals surface area contributed by atoms with Crippen LogP contribution in [0.2, 0.25) is 0 Å². The first-order valence-electron chi connectivity index (χ1n) is 5.43. The molecule has 0 aliphatic carbocycles. The van der Waals surface area contributed by atoms with Crippen molar-refractivity contribution < 1.29 is 9.15 Å². The molecule has 6 nitrogen and oxygen atoms in total. The van der Waals surface area contributed by atoms with Crippen molar-refractivity contribution in [2.24, 2.45) is 5.73 Å². The van der Waals surface area contributed by atoms with Crippen LogP contribution in [0.4, 0.5) is 0 Å². The number of hydrogen-bond donors (Lipinski definition) is 2. The molecule has 0 spiro atoms. The summed E-state index contributed by atoms with van der Waals surface area (Å²) < 4.78 is 10.6. The van der Waals surface area contributed by atoms with Gasteiger partial charge < -0.3 is 14.9 Å². The molecule has 0 saturated heterocycles. The Hall–Kier alpha value is -2.37. The van der Waals surface area contributed by atoms with Crippen LogP contribution in [0.5, 0.6) is 5.88 Å². The maximum atomic E-state index is 7.57. The fourth-order valence-electron chi connectivity index (χ4n) is 1.54. The number of aryl methyl sites for hydroxylation is 1. The van der Waals surface area contributed by atoms with Gasteiger partial charge in [0.25, 0.3) is 0 Å². The van der Waals surface area contributed by atoms with Gasteiger partial charge in [0.2, 0.25) is 5.88 Å². The molecule has 2 aromatic rings. The molecule has 0 radical (unpaired) electrons. The highest BCUT2D eigenvalue weighted by Crippen LogP contribution is 2.20. The molecular weight excluding hydrogens is 232 g/mol. The van der Waals surface area contributed by atoms with Crippen LogP contribution >= 0.6 is 0 Å². The topological polar surface area (TPSA) is 98.0 Å². The van der Waals surface area contributed by atoms with E-state index in [0.717, 1.165) is 11.3 Å². The van der Waals surface area contributed by atoms with Crippen LogP contribution < -0.4 is 10.5 Å². The predicted molar refractivity (Wildman–Crippen MR) is 65.6 cm³/mol. The summed E-state index contributed by atoms with van der Waals surface area (Å²) in [5.41, 5.74) is 7.55. The normalized spacial score (nSPS) is 10.3. The Morgan fingerprint density at radius 3 is 2.83 bits per heavy atom. The van der Waals surface area contributed by atoms with Gasteiger partial charge in [0.05, 0.1) is 17.5 Å². The van der Waals surface area contributed by atoms with Gasteiger partial charge in [-0.15, -0.1) is 5.10 Å². The van der Waals surface area contributed by atoms with Crippen molar-refractivity contribution in [1.29, 1.82) is 5.41 Å². The summed E-state index contributed by atoms with van der Waals surface area (Å²) in [6.45, 7) is 3.87. The van der Waals surface area contributed by atoms with Gasteiger partial charge in [-0.25, -0.2) is 0 Å². The van der Waals surface area contributed by atoms with Gasteiger partial charge in [-0.1, -0.05) is 0 Å². The van der Waals surface area contributed by atoms with E-state index in [-0.39, 0.29) is 18.3 Å². The molecule has 0 saturated carbocycles. The molecule has 0 fully saturated rings. The van der Waals surface area contributed by atoms with E-state index >= 15 is 0 Å². The minimum atomic E-state index is -0.0834. The average Bonchev–Trinajstić information content (AvgIpc) is 2.83. The van der Waals surface area contributed by atoms with Crippen LogP contribution in [0.3, 0.4) is 0 Å². The summed E-state index contributed by atoms with van der Waals surface area (Å²) >= 11 is 0. The van der Waals surface area contributed by atoms with Crippen LogP contribution in [0.1, 0.15) is 22.6 Å². The van der Waals surface area contributed by atoms with E-state index in [1.807, 2.05) is 13.8 Å². The lowest BCUT2D eigenvalue weighted by Gasteiger charge is -2.11. The largest absolute Gasteiger partial charge is 0.468 e. The Morgan fingerprint density at radius 2 is 2.22 bits per heavy atom. The monoisotopic (exact) mass is 246 g/mol.